The third kappa shape index (κ3) is 3.06. The molecule has 1 saturated heterocycles. The van der Waals surface area contributed by atoms with Gasteiger partial charge < -0.3 is 30.5 Å². The predicted molar refractivity (Wildman–Crippen MR) is 76.5 cm³/mol. The summed E-state index contributed by atoms with van der Waals surface area (Å²) in [5, 5.41) is 20.1. The molecule has 13 nitrogen and oxygen atoms in total. The maximum Gasteiger partial charge on any atom is 0.469 e. The van der Waals surface area contributed by atoms with Crippen molar-refractivity contribution in [3.8, 4) is 0 Å². The van der Waals surface area contributed by atoms with Crippen LogP contribution in [-0.4, -0.2) is 64.4 Å². The fraction of sp³-hybridized carbons (Fsp3) is 0.500. The lowest BCUT2D eigenvalue weighted by molar-refractivity contribution is -0.0503. The molecule has 1 aliphatic heterocycles. The second kappa shape index (κ2) is 5.89. The minimum absolute atomic E-state index is 0.0176. The number of hydrogen-bond donors (Lipinski definition) is 6. The van der Waals surface area contributed by atoms with Crippen LogP contribution < -0.4 is 11.3 Å². The van der Waals surface area contributed by atoms with Gasteiger partial charge in [0.1, 0.15) is 18.3 Å². The number of ether oxygens (including phenoxy) is 1. The number of hydrogen-bond acceptors (Lipinski definition) is 9. The molecule has 3 rings (SSSR count). The summed E-state index contributed by atoms with van der Waals surface area (Å²) in [6.07, 6.45) is -4.22. The van der Waals surface area contributed by atoms with Crippen molar-refractivity contribution in [1.29, 1.82) is 0 Å². The molecule has 2 aromatic rings. The van der Waals surface area contributed by atoms with Gasteiger partial charge >= 0.3 is 7.82 Å². The number of nitrogen functional groups attached to an aromatic ring is 1. The molecule has 0 unspecified atom stereocenters. The fourth-order valence-corrected chi connectivity index (χ4v) is 2.74. The van der Waals surface area contributed by atoms with E-state index in [-0.39, 0.29) is 17.1 Å². The Bertz CT molecular complexity index is 861. The summed E-state index contributed by atoms with van der Waals surface area (Å²) in [7, 11) is -4.76. The van der Waals surface area contributed by atoms with Gasteiger partial charge in [0.2, 0.25) is 5.95 Å². The maximum atomic E-state index is 11.7. The lowest BCUT2D eigenvalue weighted by Crippen LogP contribution is -2.33. The van der Waals surface area contributed by atoms with E-state index in [2.05, 4.69) is 19.5 Å². The van der Waals surface area contributed by atoms with E-state index in [0.29, 0.717) is 0 Å². The maximum absolute atomic E-state index is 11.7. The number of H-pyrrole nitrogens is 1. The van der Waals surface area contributed by atoms with Gasteiger partial charge in [-0.05, 0) is 0 Å². The molecule has 0 amide bonds. The smallest absolute Gasteiger partial charge is 0.387 e. The van der Waals surface area contributed by atoms with Crippen molar-refractivity contribution in [3.63, 3.8) is 0 Å². The lowest BCUT2D eigenvalue weighted by Gasteiger charge is -2.16. The Kier molecular flexibility index (Phi) is 4.17. The Balaban J connectivity index is 1.90. The lowest BCUT2D eigenvalue weighted by atomic mass is 10.1. The average Bonchev–Trinajstić information content (AvgIpc) is 3.00. The van der Waals surface area contributed by atoms with Gasteiger partial charge in [-0.2, -0.15) is 4.98 Å². The molecule has 1 aliphatic rings. The second-order valence-corrected chi connectivity index (χ2v) is 6.35. The first-order valence-corrected chi connectivity index (χ1v) is 8.14. The van der Waals surface area contributed by atoms with Crippen LogP contribution in [0.3, 0.4) is 0 Å². The number of aromatic nitrogens is 4. The monoisotopic (exact) mass is 368 g/mol. The zero-order valence-electron chi connectivity index (χ0n) is 11.9. The number of nitrogens with zero attached hydrogens (tertiary/aromatic N) is 3. The van der Waals surface area contributed by atoms with Crippen molar-refractivity contribution >= 4 is 24.9 Å². The quantitative estimate of drug-likeness (QED) is 0.244. The van der Waals surface area contributed by atoms with Crippen LogP contribution in [0.5, 0.6) is 0 Å². The van der Waals surface area contributed by atoms with Crippen LogP contribution >= 0.6 is 7.82 Å². The van der Waals surface area contributed by atoms with Gasteiger partial charge in [0.05, 0.1) is 12.9 Å². The summed E-state index contributed by atoms with van der Waals surface area (Å²) < 4.78 is 21.6. The fourth-order valence-electron chi connectivity index (χ4n) is 2.40. The number of phosphoric ester groups is 1. The van der Waals surface area contributed by atoms with Gasteiger partial charge in [0.25, 0.3) is 5.56 Å². The highest BCUT2D eigenvalue weighted by molar-refractivity contribution is 7.46. The van der Waals surface area contributed by atoms with Crippen LogP contribution in [-0.2, 0) is 13.8 Å². The van der Waals surface area contributed by atoms with Gasteiger partial charge in [-0.25, -0.2) is 9.55 Å². The highest BCUT2D eigenvalue weighted by Crippen LogP contribution is 2.38. The van der Waals surface area contributed by atoms with E-state index in [4.69, 9.17) is 20.3 Å². The van der Waals surface area contributed by atoms with Crippen LogP contribution in [0, 0.1) is 0 Å². The zero-order valence-corrected chi connectivity index (χ0v) is 12.8. The Hall–Kier alpha value is -1.86. The highest BCUT2D eigenvalue weighted by atomic mass is 31.2. The van der Waals surface area contributed by atoms with Crippen LogP contribution in [0.2, 0.25) is 0 Å². The molecule has 4 atom stereocenters. The standard InChI is InChI=1S/C10H14N5O8P/c11-10-13-7-4(8(18)14-10)12-2-15(7)9-6(17)5(16)3(23-9)1-22-24(19,20)21/h2-3,5-6,9,16-17H,1H2,(H2,19,20,21)(H3,11,13,14,18)/t3-,5-,6-,9-/m1/s1/i11+1,12+1,13+1,14+1,15+1. The number of rotatable bonds is 4. The number of imidazole rings is 1. The predicted octanol–water partition coefficient (Wildman–Crippen LogP) is -2.57. The summed E-state index contributed by atoms with van der Waals surface area (Å²) in [4.78, 5) is 39.1. The minimum atomic E-state index is -4.76. The summed E-state index contributed by atoms with van der Waals surface area (Å²) in [5.41, 5.74) is 4.84. The van der Waals surface area contributed by atoms with E-state index in [1.54, 1.807) is 0 Å². The third-order valence-electron chi connectivity index (χ3n) is 3.47. The summed E-state index contributed by atoms with van der Waals surface area (Å²) in [6.45, 7) is -0.651. The molecule has 1 fully saturated rings. The Morgan fingerprint density at radius 3 is 2.79 bits per heavy atom. The number of phosphoric acid groups is 1. The van der Waals surface area contributed by atoms with Crippen LogP contribution in [0.4, 0.5) is 5.95 Å². The second-order valence-electron chi connectivity index (χ2n) is 5.11. The molecule has 3 heterocycles. The van der Waals surface area contributed by atoms with E-state index in [1.807, 2.05) is 0 Å². The van der Waals surface area contributed by atoms with E-state index in [1.165, 1.54) is 10.9 Å². The zero-order chi connectivity index (χ0) is 17.6. The molecule has 14 heteroatoms. The van der Waals surface area contributed by atoms with Crippen molar-refractivity contribution in [2.24, 2.45) is 0 Å². The number of aliphatic hydroxyl groups is 2. The van der Waals surface area contributed by atoms with Gasteiger partial charge in [0, 0.05) is 0 Å². The largest absolute Gasteiger partial charge is 0.469 e. The molecule has 0 bridgehead atoms. The number of anilines is 1. The number of aliphatic hydroxyl groups excluding tert-OH is 2. The topological polar surface area (TPSA) is 206 Å². The van der Waals surface area contributed by atoms with Crippen molar-refractivity contribution in [2.45, 2.75) is 24.5 Å². The van der Waals surface area contributed by atoms with Crippen molar-refractivity contribution < 1.29 is 33.8 Å². The molecule has 24 heavy (non-hydrogen) atoms. The molecule has 2 aromatic heterocycles. The summed E-state index contributed by atoms with van der Waals surface area (Å²) in [5.74, 6) is -0.177. The number of fused-ring (bicyclic) bond motifs is 1. The molecular weight excluding hydrogens is 354 g/mol. The van der Waals surface area contributed by atoms with Gasteiger partial charge in [0.15, 0.2) is 17.4 Å². The van der Waals surface area contributed by atoms with Crippen molar-refractivity contribution in [3.05, 3.63) is 16.7 Å². The first-order valence-electron chi connectivity index (χ1n) is 6.61. The normalized spacial score (nSPS) is 27.8. The molecule has 0 aromatic carbocycles. The number of aromatic amines is 1. The van der Waals surface area contributed by atoms with E-state index in [9.17, 15) is 19.6 Å². The molecular formula is C10H14N5O8P. The van der Waals surface area contributed by atoms with Crippen LogP contribution in [0.15, 0.2) is 11.1 Å². The van der Waals surface area contributed by atoms with Gasteiger partial charge in [-0.1, -0.05) is 0 Å². The van der Waals surface area contributed by atoms with Gasteiger partial charge in [-0.15, -0.1) is 0 Å². The average molecular weight is 368 g/mol. The molecule has 0 saturated carbocycles. The SMILES string of the molecule is [15NH2]c1[15n]c2c([15n]c[15n]2[C@@H]2O[C@H](COP(=O)(O)O)[C@@H](O)[C@H]2O)c(=O)[15nH]1. The molecule has 132 valence electrons. The first kappa shape index (κ1) is 17.0. The van der Waals surface area contributed by atoms with Crippen LogP contribution in [0.1, 0.15) is 6.23 Å². The van der Waals surface area contributed by atoms with Crippen LogP contribution in [0.25, 0.3) is 11.2 Å². The van der Waals surface area contributed by atoms with E-state index in [0.717, 1.165) is 0 Å². The Morgan fingerprint density at radius 1 is 1.42 bits per heavy atom. The van der Waals surface area contributed by atoms with Gasteiger partial charge in [-0.3, -0.25) is 18.9 Å². The first-order chi connectivity index (χ1) is 11.2. The molecule has 7 N–H and O–H groups in total. The Labute approximate surface area is 132 Å². The van der Waals surface area contributed by atoms with Crippen molar-refractivity contribution in [2.75, 3.05) is 12.3 Å². The van der Waals surface area contributed by atoms with E-state index < -0.39 is 44.5 Å². The highest BCUT2D eigenvalue weighted by Gasteiger charge is 2.45. The number of nitrogens with one attached hydrogen (secondary N) is 1. The molecule has 0 spiro atoms. The van der Waals surface area contributed by atoms with Crippen molar-refractivity contribution in [1.82, 2.24) is 19.5 Å². The molecule has 0 aliphatic carbocycles. The van der Waals surface area contributed by atoms with E-state index >= 15 is 0 Å². The minimum Gasteiger partial charge on any atom is -0.387 e. The summed E-state index contributed by atoms with van der Waals surface area (Å²) >= 11 is 0. The number of nitrogens with two attached hydrogens (primary N) is 1. The summed E-state index contributed by atoms with van der Waals surface area (Å²) in [6, 6.07) is 0. The third-order valence-corrected chi connectivity index (χ3v) is 3.95. The Morgan fingerprint density at radius 2 is 2.12 bits per heavy atom. The molecule has 0 radical (unpaired) electrons.